The number of hydrogen-bond acceptors (Lipinski definition) is 7. The Bertz CT molecular complexity index is 1280. The fourth-order valence-electron chi connectivity index (χ4n) is 4.24. The molecular weight excluding hydrogens is 508 g/mol. The highest BCUT2D eigenvalue weighted by molar-refractivity contribution is 5.73. The molecule has 5 N–H and O–H groups in total. The number of alkyl halides is 3. The Morgan fingerprint density at radius 3 is 2.39 bits per heavy atom. The number of nitrogens with two attached hydrogens (primary N) is 2. The van der Waals surface area contributed by atoms with Crippen LogP contribution in [0.25, 0.3) is 11.3 Å². The Morgan fingerprint density at radius 1 is 1.08 bits per heavy atom. The fourth-order valence-corrected chi connectivity index (χ4v) is 4.24. The zero-order chi connectivity index (χ0) is 27.4. The second-order valence-electron chi connectivity index (χ2n) is 9.04. The van der Waals surface area contributed by atoms with E-state index in [1.54, 1.807) is 24.3 Å². The van der Waals surface area contributed by atoms with Crippen LogP contribution < -0.4 is 20.9 Å². The van der Waals surface area contributed by atoms with E-state index in [1.807, 2.05) is 0 Å². The molecule has 1 aliphatic carbocycles. The Hall–Kier alpha value is -3.93. The molecule has 12 heteroatoms. The van der Waals surface area contributed by atoms with Crippen molar-refractivity contribution in [2.24, 2.45) is 5.73 Å². The summed E-state index contributed by atoms with van der Waals surface area (Å²) in [4.78, 5) is 18.9. The predicted octanol–water partition coefficient (Wildman–Crippen LogP) is 4.82. The number of rotatable bonds is 9. The van der Waals surface area contributed by atoms with E-state index in [1.165, 1.54) is 6.07 Å². The van der Waals surface area contributed by atoms with Crippen molar-refractivity contribution in [1.29, 1.82) is 0 Å². The average molecular weight is 535 g/mol. The zero-order valence-electron chi connectivity index (χ0n) is 20.1. The van der Waals surface area contributed by atoms with Crippen molar-refractivity contribution in [2.45, 2.75) is 56.5 Å². The highest BCUT2D eigenvalue weighted by atomic mass is 19.4. The Kier molecular flexibility index (Phi) is 8.00. The molecule has 202 valence electrons. The number of ether oxygens (including phenoxy) is 2. The summed E-state index contributed by atoms with van der Waals surface area (Å²) < 4.78 is 67.7. The zero-order valence-corrected chi connectivity index (χ0v) is 20.1. The van der Waals surface area contributed by atoms with Crippen LogP contribution in [0.1, 0.15) is 42.9 Å². The number of carboxylic acids is 1. The molecular formula is C26H26F4N4O4. The lowest BCUT2D eigenvalue weighted by molar-refractivity contribution is -0.199. The van der Waals surface area contributed by atoms with Crippen molar-refractivity contribution in [2.75, 3.05) is 5.73 Å². The number of anilines is 1. The molecule has 0 bridgehead atoms. The molecule has 0 radical (unpaired) electrons. The lowest BCUT2D eigenvalue weighted by Crippen LogP contribution is -2.32. The number of nitrogens with zero attached hydrogens (tertiary/aromatic N) is 2. The molecule has 4 rings (SSSR count). The van der Waals surface area contributed by atoms with Gasteiger partial charge in [0, 0.05) is 23.3 Å². The number of carboxylic acid groups (broad SMARTS) is 1. The molecule has 8 nitrogen and oxygen atoms in total. The van der Waals surface area contributed by atoms with Crippen molar-refractivity contribution in [3.8, 4) is 22.9 Å². The number of nitrogen functional groups attached to an aromatic ring is 1. The third kappa shape index (κ3) is 6.68. The van der Waals surface area contributed by atoms with Gasteiger partial charge in [0.15, 0.2) is 0 Å². The van der Waals surface area contributed by atoms with Crippen molar-refractivity contribution < 1.29 is 36.9 Å². The molecule has 0 amide bonds. The topological polar surface area (TPSA) is 134 Å². The van der Waals surface area contributed by atoms with Crippen LogP contribution in [0.3, 0.4) is 0 Å². The van der Waals surface area contributed by atoms with Crippen molar-refractivity contribution in [1.82, 2.24) is 9.97 Å². The number of carbonyl (C=O) groups is 1. The second-order valence-corrected chi connectivity index (χ2v) is 9.04. The van der Waals surface area contributed by atoms with Gasteiger partial charge in [0.1, 0.15) is 17.6 Å². The third-order valence-corrected chi connectivity index (χ3v) is 6.13. The van der Waals surface area contributed by atoms with E-state index in [0.29, 0.717) is 24.0 Å². The maximum atomic E-state index is 14.2. The molecule has 38 heavy (non-hydrogen) atoms. The second kappa shape index (κ2) is 11.2. The molecule has 1 saturated carbocycles. The Morgan fingerprint density at radius 2 is 1.76 bits per heavy atom. The number of aliphatic carboxylic acids is 1. The van der Waals surface area contributed by atoms with E-state index >= 15 is 0 Å². The van der Waals surface area contributed by atoms with Gasteiger partial charge in [0.25, 0.3) is 0 Å². The molecule has 0 spiro atoms. The van der Waals surface area contributed by atoms with Crippen LogP contribution in [0.2, 0.25) is 0 Å². The monoisotopic (exact) mass is 534 g/mol. The lowest BCUT2D eigenvalue weighted by atomic mass is 10.0. The van der Waals surface area contributed by atoms with Crippen LogP contribution >= 0.6 is 0 Å². The first-order valence-corrected chi connectivity index (χ1v) is 11.9. The maximum Gasteiger partial charge on any atom is 0.429 e. The lowest BCUT2D eigenvalue weighted by Gasteiger charge is -2.25. The van der Waals surface area contributed by atoms with Crippen LogP contribution in [-0.2, 0) is 11.2 Å². The molecule has 2 atom stereocenters. The first-order valence-electron chi connectivity index (χ1n) is 11.9. The van der Waals surface area contributed by atoms with Crippen molar-refractivity contribution in [3.05, 3.63) is 65.5 Å². The number of benzene rings is 2. The van der Waals surface area contributed by atoms with Gasteiger partial charge in [-0.2, -0.15) is 18.2 Å². The maximum absolute atomic E-state index is 14.2. The first kappa shape index (κ1) is 27.1. The number of aromatic nitrogens is 2. The van der Waals surface area contributed by atoms with E-state index in [4.69, 9.17) is 26.0 Å². The third-order valence-electron chi connectivity index (χ3n) is 6.13. The van der Waals surface area contributed by atoms with E-state index < -0.39 is 36.0 Å². The van der Waals surface area contributed by atoms with Gasteiger partial charge in [0.2, 0.25) is 17.9 Å². The van der Waals surface area contributed by atoms with E-state index in [-0.39, 0.29) is 35.5 Å². The fraction of sp³-hybridized carbons (Fsp3) is 0.346. The number of hydrogen-bond donors (Lipinski definition) is 3. The van der Waals surface area contributed by atoms with Gasteiger partial charge in [-0.15, -0.1) is 0 Å². The van der Waals surface area contributed by atoms with Gasteiger partial charge in [-0.25, -0.2) is 9.37 Å². The summed E-state index contributed by atoms with van der Waals surface area (Å²) in [5, 5.41) is 8.97. The van der Waals surface area contributed by atoms with Crippen LogP contribution in [0, 0.1) is 5.82 Å². The molecule has 1 aromatic heterocycles. The SMILES string of the molecule is Nc1nc(OC(c2ccc(F)cc2OC2CCCC2)C(F)(F)F)cc(-c2ccc(C[C@H](N)C(=O)O)cc2)n1. The summed E-state index contributed by atoms with van der Waals surface area (Å²) in [6.45, 7) is 0. The molecule has 2 aromatic carbocycles. The summed E-state index contributed by atoms with van der Waals surface area (Å²) >= 11 is 0. The summed E-state index contributed by atoms with van der Waals surface area (Å²) in [5.74, 6) is -2.88. The van der Waals surface area contributed by atoms with Crippen LogP contribution in [-0.4, -0.2) is 39.4 Å². The normalized spacial score (nSPS) is 15.7. The van der Waals surface area contributed by atoms with Gasteiger partial charge in [-0.3, -0.25) is 4.79 Å². The number of halogens is 4. The average Bonchev–Trinajstić information content (AvgIpc) is 3.35. The van der Waals surface area contributed by atoms with E-state index in [2.05, 4.69) is 9.97 Å². The molecule has 3 aromatic rings. The first-order chi connectivity index (χ1) is 18.0. The van der Waals surface area contributed by atoms with Crippen LogP contribution in [0.5, 0.6) is 11.6 Å². The smallest absolute Gasteiger partial charge is 0.429 e. The van der Waals surface area contributed by atoms with Crippen molar-refractivity contribution in [3.63, 3.8) is 0 Å². The summed E-state index contributed by atoms with van der Waals surface area (Å²) in [5.41, 5.74) is 12.2. The molecule has 0 aliphatic heterocycles. The van der Waals surface area contributed by atoms with Gasteiger partial charge < -0.3 is 26.0 Å². The summed E-state index contributed by atoms with van der Waals surface area (Å²) in [6.07, 6.45) is -4.53. The van der Waals surface area contributed by atoms with Crippen molar-refractivity contribution >= 4 is 11.9 Å². The quantitative estimate of drug-likeness (QED) is 0.333. The van der Waals surface area contributed by atoms with E-state index in [0.717, 1.165) is 31.0 Å². The summed E-state index contributed by atoms with van der Waals surface area (Å²) in [7, 11) is 0. The highest BCUT2D eigenvalue weighted by Gasteiger charge is 2.45. The largest absolute Gasteiger partial charge is 0.490 e. The molecule has 1 fully saturated rings. The molecule has 0 saturated heterocycles. The van der Waals surface area contributed by atoms with Gasteiger partial charge in [0.05, 0.1) is 11.8 Å². The van der Waals surface area contributed by atoms with Gasteiger partial charge >= 0.3 is 12.1 Å². The van der Waals surface area contributed by atoms with E-state index in [9.17, 15) is 22.4 Å². The minimum Gasteiger partial charge on any atom is -0.490 e. The van der Waals surface area contributed by atoms with Gasteiger partial charge in [-0.1, -0.05) is 24.3 Å². The summed E-state index contributed by atoms with van der Waals surface area (Å²) in [6, 6.07) is 9.40. The minimum absolute atomic E-state index is 0.0894. The van der Waals surface area contributed by atoms with Crippen LogP contribution in [0.15, 0.2) is 48.5 Å². The Balaban J connectivity index is 1.62. The molecule has 1 heterocycles. The highest BCUT2D eigenvalue weighted by Crippen LogP contribution is 2.42. The van der Waals surface area contributed by atoms with Crippen LogP contribution in [0.4, 0.5) is 23.5 Å². The minimum atomic E-state index is -4.89. The molecule has 1 aliphatic rings. The van der Waals surface area contributed by atoms with Gasteiger partial charge in [-0.05, 0) is 49.8 Å². The predicted molar refractivity (Wildman–Crippen MR) is 130 cm³/mol. The Labute approximate surface area is 215 Å². The standard InChI is InChI=1S/C26H26F4N4O4/c27-16-9-10-18(21(12-16)37-17-3-1-2-4-17)23(26(28,29)30)38-22-13-20(33-25(32)34-22)15-7-5-14(6-8-15)11-19(31)24(35)36/h5-10,12-13,17,19,23H,1-4,11,31H2,(H,35,36)(H2,32,33,34)/t19-,23?/m0/s1. The molecule has 1 unspecified atom stereocenters.